The summed E-state index contributed by atoms with van der Waals surface area (Å²) in [6.45, 7) is 1.25. The van der Waals surface area contributed by atoms with Gasteiger partial charge in [-0.2, -0.15) is 4.31 Å². The van der Waals surface area contributed by atoms with Gasteiger partial charge in [-0.15, -0.1) is 19.7 Å². The molecule has 0 bridgehead atoms. The average Bonchev–Trinajstić information content (AvgIpc) is 3.04. The highest BCUT2D eigenvalue weighted by atomic mass is 32.2. The smallest absolute Gasteiger partial charge is 0.573 e. The van der Waals surface area contributed by atoms with Gasteiger partial charge in [-0.3, -0.25) is 4.79 Å². The number of benzene rings is 2. The highest BCUT2D eigenvalue weighted by Gasteiger charge is 2.41. The molecule has 12 nitrogen and oxygen atoms in total. The SMILES string of the molecule is CCC(F)(F)c1ccc(C[NH-])cc1.O=C(O)[C@H]1CN(c2cnc3nccnc3n2)CCN1S(=O)(=O)c1ccc(OC(F)(F)F)cc1. The Bertz CT molecular complexity index is 1760. The Hall–Kier alpha value is -4.55. The van der Waals surface area contributed by atoms with Gasteiger partial charge in [-0.1, -0.05) is 36.8 Å². The predicted molar refractivity (Wildman–Crippen MR) is 154 cm³/mol. The zero-order valence-corrected chi connectivity index (χ0v) is 24.8. The van der Waals surface area contributed by atoms with Crippen LogP contribution in [0, 0.1) is 0 Å². The van der Waals surface area contributed by atoms with Crippen molar-refractivity contribution in [1.29, 1.82) is 0 Å². The van der Waals surface area contributed by atoms with E-state index in [4.69, 9.17) is 5.73 Å². The number of carbonyl (C=O) groups is 1. The van der Waals surface area contributed by atoms with Crippen molar-refractivity contribution in [1.82, 2.24) is 24.2 Å². The van der Waals surface area contributed by atoms with Gasteiger partial charge in [0.25, 0.3) is 5.92 Å². The standard InChI is InChI=1S/C18H15F3N6O5S.C10H12F2N/c19-18(20,21)32-11-1-3-12(4-2-11)33(30,31)27-8-7-26(10-13(27)17(28)29)14-9-24-15-16(25-14)23-6-5-22-15;1-2-10(11,12)9-5-3-8(7-13)4-6-9/h1-6,9,13H,7-8,10H2,(H,28,29);3-6,13H,2,7H2,1H3/q;-1/t13-;/m1./s1. The molecule has 46 heavy (non-hydrogen) atoms. The van der Waals surface area contributed by atoms with E-state index in [2.05, 4.69) is 24.7 Å². The lowest BCUT2D eigenvalue weighted by atomic mass is 10.0. The molecular weight excluding hydrogens is 641 g/mol. The molecule has 1 fully saturated rings. The molecule has 0 spiro atoms. The highest BCUT2D eigenvalue weighted by Crippen LogP contribution is 2.31. The number of hydrogen-bond donors (Lipinski definition) is 1. The number of ether oxygens (including phenoxy) is 1. The van der Waals surface area contributed by atoms with Crippen molar-refractivity contribution >= 4 is 33.1 Å². The summed E-state index contributed by atoms with van der Waals surface area (Å²) in [7, 11) is -4.33. The van der Waals surface area contributed by atoms with Gasteiger partial charge < -0.3 is 20.5 Å². The van der Waals surface area contributed by atoms with Gasteiger partial charge in [0.2, 0.25) is 10.0 Å². The fraction of sp³-hybridized carbons (Fsp3) is 0.321. The number of piperazine rings is 1. The second-order valence-electron chi connectivity index (χ2n) is 9.80. The Kier molecular flexibility index (Phi) is 10.3. The molecule has 4 aromatic rings. The number of anilines is 1. The van der Waals surface area contributed by atoms with E-state index in [1.165, 1.54) is 37.6 Å². The van der Waals surface area contributed by atoms with Crippen LogP contribution in [0.4, 0.5) is 27.8 Å². The van der Waals surface area contributed by atoms with Crippen LogP contribution in [-0.4, -0.2) is 75.8 Å². The predicted octanol–water partition coefficient (Wildman–Crippen LogP) is 5.02. The number of hydrogen-bond acceptors (Lipinski definition) is 9. The summed E-state index contributed by atoms with van der Waals surface area (Å²) in [5.74, 6) is -4.42. The third kappa shape index (κ3) is 8.18. The first-order valence-corrected chi connectivity index (χ1v) is 15.0. The molecule has 1 atom stereocenters. The van der Waals surface area contributed by atoms with E-state index in [0.29, 0.717) is 11.5 Å². The van der Waals surface area contributed by atoms with Crippen LogP contribution >= 0.6 is 0 Å². The number of aliphatic carboxylic acids is 1. The maximum atomic E-state index is 13.1. The number of nitrogens with one attached hydrogen (secondary N) is 1. The quantitative estimate of drug-likeness (QED) is 0.252. The second kappa shape index (κ2) is 13.8. The minimum Gasteiger partial charge on any atom is -0.674 e. The van der Waals surface area contributed by atoms with Crippen molar-refractivity contribution in [2.24, 2.45) is 0 Å². The zero-order chi connectivity index (χ0) is 33.7. The molecular formula is C28H27F5N7O5S-. The van der Waals surface area contributed by atoms with Crippen LogP contribution in [0.5, 0.6) is 5.75 Å². The van der Waals surface area contributed by atoms with Crippen LogP contribution in [-0.2, 0) is 27.3 Å². The van der Waals surface area contributed by atoms with Crippen LogP contribution in [0.1, 0.15) is 24.5 Å². The number of carboxylic acid groups (broad SMARTS) is 1. The van der Waals surface area contributed by atoms with Crippen LogP contribution in [0.3, 0.4) is 0 Å². The first-order chi connectivity index (χ1) is 21.6. The van der Waals surface area contributed by atoms with E-state index in [0.717, 1.165) is 34.1 Å². The molecule has 1 aliphatic heterocycles. The monoisotopic (exact) mass is 668 g/mol. The molecule has 2 aromatic carbocycles. The molecule has 5 rings (SSSR count). The fourth-order valence-electron chi connectivity index (χ4n) is 4.38. The van der Waals surface area contributed by atoms with E-state index in [-0.39, 0.29) is 48.7 Å². The lowest BCUT2D eigenvalue weighted by Gasteiger charge is -2.38. The molecule has 0 radical (unpaired) electrons. The number of aromatic nitrogens is 4. The van der Waals surface area contributed by atoms with E-state index in [9.17, 15) is 40.3 Å². The van der Waals surface area contributed by atoms with Gasteiger partial charge in [0.1, 0.15) is 17.6 Å². The fourth-order valence-corrected chi connectivity index (χ4v) is 5.95. The van der Waals surface area contributed by atoms with Gasteiger partial charge in [0.05, 0.1) is 11.1 Å². The third-order valence-electron chi connectivity index (χ3n) is 6.81. The molecule has 1 saturated heterocycles. The minimum atomic E-state index is -4.93. The topological polar surface area (TPSA) is 163 Å². The summed E-state index contributed by atoms with van der Waals surface area (Å²) in [5, 5.41) is 9.69. The maximum Gasteiger partial charge on any atom is 0.573 e. The summed E-state index contributed by atoms with van der Waals surface area (Å²) < 4.78 is 93.8. The van der Waals surface area contributed by atoms with Crippen molar-refractivity contribution < 1.29 is 45.0 Å². The number of alkyl halides is 5. The number of nitrogens with zero attached hydrogens (tertiary/aromatic N) is 6. The van der Waals surface area contributed by atoms with Crippen LogP contribution < -0.4 is 9.64 Å². The molecule has 3 heterocycles. The Morgan fingerprint density at radius 3 is 2.17 bits per heavy atom. The summed E-state index contributed by atoms with van der Waals surface area (Å²) in [6, 6.07) is 8.01. The third-order valence-corrected chi connectivity index (χ3v) is 8.73. The van der Waals surface area contributed by atoms with Gasteiger partial charge in [-0.25, -0.2) is 37.1 Å². The Balaban J connectivity index is 0.000000310. The summed E-state index contributed by atoms with van der Waals surface area (Å²) in [6.07, 6.45) is -0.853. The van der Waals surface area contributed by atoms with Crippen molar-refractivity contribution in [2.75, 3.05) is 24.5 Å². The number of carboxylic acids is 1. The lowest BCUT2D eigenvalue weighted by molar-refractivity contribution is -0.274. The lowest BCUT2D eigenvalue weighted by Crippen LogP contribution is -2.58. The van der Waals surface area contributed by atoms with Crippen molar-refractivity contribution in [3.63, 3.8) is 0 Å². The van der Waals surface area contributed by atoms with E-state index in [1.54, 1.807) is 17.0 Å². The average molecular weight is 669 g/mol. The van der Waals surface area contributed by atoms with Gasteiger partial charge >= 0.3 is 12.3 Å². The second-order valence-corrected chi connectivity index (χ2v) is 11.7. The summed E-state index contributed by atoms with van der Waals surface area (Å²) in [4.78, 5) is 29.6. The van der Waals surface area contributed by atoms with Crippen molar-refractivity contribution in [3.05, 3.63) is 84.0 Å². The largest absolute Gasteiger partial charge is 0.674 e. The molecule has 0 aliphatic carbocycles. The summed E-state index contributed by atoms with van der Waals surface area (Å²) >= 11 is 0. The van der Waals surface area contributed by atoms with E-state index < -0.39 is 40.1 Å². The number of rotatable bonds is 8. The first kappa shape index (κ1) is 34.3. The molecule has 2 aromatic heterocycles. The Morgan fingerprint density at radius 2 is 1.61 bits per heavy atom. The van der Waals surface area contributed by atoms with Gasteiger partial charge in [-0.05, 0) is 24.3 Å². The number of fused-ring (bicyclic) bond motifs is 1. The molecule has 18 heteroatoms. The zero-order valence-electron chi connectivity index (χ0n) is 24.0. The summed E-state index contributed by atoms with van der Waals surface area (Å²) in [5.41, 5.74) is 8.37. The Labute approximate surface area is 259 Å². The Morgan fingerprint density at radius 1 is 0.978 bits per heavy atom. The highest BCUT2D eigenvalue weighted by molar-refractivity contribution is 7.89. The number of sulfonamides is 1. The van der Waals surface area contributed by atoms with Gasteiger partial charge in [0.15, 0.2) is 11.3 Å². The normalized spacial score (nSPS) is 16.1. The minimum absolute atomic E-state index is 0.0344. The molecule has 0 amide bonds. The first-order valence-electron chi connectivity index (χ1n) is 13.6. The van der Waals surface area contributed by atoms with E-state index >= 15 is 0 Å². The van der Waals surface area contributed by atoms with Crippen molar-refractivity contribution in [3.8, 4) is 5.75 Å². The van der Waals surface area contributed by atoms with Gasteiger partial charge in [0, 0.05) is 44.0 Å². The maximum absolute atomic E-state index is 13.1. The van der Waals surface area contributed by atoms with Crippen molar-refractivity contribution in [2.45, 2.75) is 43.1 Å². The molecule has 1 aliphatic rings. The molecule has 0 unspecified atom stereocenters. The van der Waals surface area contributed by atoms with Crippen LogP contribution in [0.15, 0.2) is 72.0 Å². The van der Waals surface area contributed by atoms with Crippen LogP contribution in [0.2, 0.25) is 0 Å². The molecule has 246 valence electrons. The number of halogens is 5. The molecule has 2 N–H and O–H groups in total. The van der Waals surface area contributed by atoms with E-state index in [1.807, 2.05) is 0 Å². The van der Waals surface area contributed by atoms with Crippen LogP contribution in [0.25, 0.3) is 17.0 Å². The molecule has 0 saturated carbocycles.